The van der Waals surface area contributed by atoms with Crippen LogP contribution in [-0.2, 0) is 32.7 Å². The first-order valence-electron chi connectivity index (χ1n) is 22.2. The zero-order chi connectivity index (χ0) is 44.3. The highest BCUT2D eigenvalue weighted by atomic mass is 31.2. The Bertz CT molecular complexity index is 1280. The van der Waals surface area contributed by atoms with Crippen LogP contribution in [0.15, 0.2) is 60.8 Å². The van der Waals surface area contributed by atoms with Gasteiger partial charge in [-0.05, 0) is 83.5 Å². The Hall–Kier alpha value is -2.49. The lowest BCUT2D eigenvalue weighted by molar-refractivity contribution is -0.220. The van der Waals surface area contributed by atoms with Crippen molar-refractivity contribution in [2.24, 2.45) is 0 Å². The van der Waals surface area contributed by atoms with Crippen LogP contribution in [0.5, 0.6) is 0 Å². The molecule has 0 aromatic rings. The number of aliphatic hydroxyl groups excluding tert-OH is 6. The molecule has 0 spiro atoms. The van der Waals surface area contributed by atoms with E-state index in [0.717, 1.165) is 83.5 Å². The largest absolute Gasteiger partial charge is 0.472 e. The van der Waals surface area contributed by atoms with E-state index in [1.165, 1.54) is 25.7 Å². The number of allylic oxidation sites excluding steroid dienone is 10. The summed E-state index contributed by atoms with van der Waals surface area (Å²) in [7, 11) is -5.14. The number of aliphatic hydroxyl groups is 6. The molecule has 0 aromatic heterocycles. The first-order chi connectivity index (χ1) is 28.9. The van der Waals surface area contributed by atoms with E-state index in [1.54, 1.807) is 0 Å². The van der Waals surface area contributed by atoms with Gasteiger partial charge in [0.25, 0.3) is 0 Å². The summed E-state index contributed by atoms with van der Waals surface area (Å²) in [5.41, 5.74) is 0. The van der Waals surface area contributed by atoms with Crippen LogP contribution < -0.4 is 0 Å². The molecule has 0 aromatic carbocycles. The lowest BCUT2D eigenvalue weighted by Gasteiger charge is -2.41. The predicted octanol–water partition coefficient (Wildman–Crippen LogP) is 7.14. The molecule has 1 aliphatic carbocycles. The molecular formula is C45H77O14P. The predicted molar refractivity (Wildman–Crippen MR) is 232 cm³/mol. The van der Waals surface area contributed by atoms with Gasteiger partial charge in [0, 0.05) is 19.4 Å². The van der Waals surface area contributed by atoms with Crippen LogP contribution in [-0.4, -0.2) is 110 Å². The summed E-state index contributed by atoms with van der Waals surface area (Å²) in [4.78, 5) is 35.6. The highest BCUT2D eigenvalue weighted by Gasteiger charge is 2.51. The number of esters is 2. The van der Waals surface area contributed by atoms with Crippen LogP contribution in [0.1, 0.15) is 148 Å². The Morgan fingerprint density at radius 3 is 1.53 bits per heavy atom. The van der Waals surface area contributed by atoms with E-state index in [1.807, 2.05) is 12.2 Å². The van der Waals surface area contributed by atoms with Gasteiger partial charge in [0.15, 0.2) is 6.10 Å². The minimum absolute atomic E-state index is 0.00707. The molecule has 346 valence electrons. The third-order valence-electron chi connectivity index (χ3n) is 9.89. The molecule has 0 amide bonds. The van der Waals surface area contributed by atoms with Gasteiger partial charge >= 0.3 is 19.8 Å². The van der Waals surface area contributed by atoms with Gasteiger partial charge in [0.2, 0.25) is 0 Å². The second-order valence-corrected chi connectivity index (χ2v) is 16.7. The lowest BCUT2D eigenvalue weighted by atomic mass is 9.85. The molecule has 1 saturated carbocycles. The summed E-state index contributed by atoms with van der Waals surface area (Å²) in [5.74, 6) is -1.19. The number of phosphoric ester groups is 1. The van der Waals surface area contributed by atoms with E-state index in [9.17, 15) is 44.6 Å². The van der Waals surface area contributed by atoms with Gasteiger partial charge in [-0.1, -0.05) is 113 Å². The summed E-state index contributed by atoms with van der Waals surface area (Å²) in [6.45, 7) is 1.22. The van der Waals surface area contributed by atoms with Crippen LogP contribution in [0, 0.1) is 0 Å². The molecule has 1 rings (SSSR count). The summed E-state index contributed by atoms with van der Waals surface area (Å²) >= 11 is 0. The Kier molecular flexibility index (Phi) is 33.4. The average molecular weight is 873 g/mol. The summed E-state index contributed by atoms with van der Waals surface area (Å²) in [6, 6.07) is 0. The number of phosphoric acid groups is 1. The van der Waals surface area contributed by atoms with Crippen molar-refractivity contribution < 1.29 is 68.2 Å². The van der Waals surface area contributed by atoms with Crippen LogP contribution in [0.4, 0.5) is 0 Å². The van der Waals surface area contributed by atoms with Crippen molar-refractivity contribution in [3.8, 4) is 0 Å². The Labute approximate surface area is 358 Å². The SMILES string of the molecule is CCCCCC/C=C\CCCCCCCC(=O)OC[C@H](COP(=O)(O)OC1[C@H](O)[C@H](O)C(O)[C@H](O)[C@H]1O)OC(=O)CCC/C=C\C/C=C\C/C=C\C/C=C\CCCCCO. The smallest absolute Gasteiger partial charge is 0.462 e. The number of carbonyl (C=O) groups is 2. The third-order valence-corrected chi connectivity index (χ3v) is 10.9. The van der Waals surface area contributed by atoms with Crippen LogP contribution in [0.2, 0.25) is 0 Å². The molecule has 14 nitrogen and oxygen atoms in total. The zero-order valence-electron chi connectivity index (χ0n) is 35.9. The molecule has 1 fully saturated rings. The minimum atomic E-state index is -5.14. The summed E-state index contributed by atoms with van der Waals surface area (Å²) < 4.78 is 33.4. The van der Waals surface area contributed by atoms with Gasteiger partial charge in [-0.2, -0.15) is 0 Å². The monoisotopic (exact) mass is 873 g/mol. The quantitative estimate of drug-likeness (QED) is 0.0144. The van der Waals surface area contributed by atoms with Crippen molar-refractivity contribution >= 4 is 19.8 Å². The molecule has 0 heterocycles. The van der Waals surface area contributed by atoms with E-state index in [0.29, 0.717) is 19.3 Å². The lowest BCUT2D eigenvalue weighted by Crippen LogP contribution is -2.64. The van der Waals surface area contributed by atoms with Gasteiger partial charge in [0.05, 0.1) is 6.61 Å². The molecule has 15 heteroatoms. The molecule has 0 bridgehead atoms. The molecule has 0 saturated heterocycles. The normalized spacial score (nSPS) is 22.7. The topological polar surface area (TPSA) is 230 Å². The molecule has 0 radical (unpaired) electrons. The number of carbonyl (C=O) groups excluding carboxylic acids is 2. The van der Waals surface area contributed by atoms with E-state index in [-0.39, 0.29) is 19.4 Å². The maximum absolute atomic E-state index is 12.8. The number of hydrogen-bond acceptors (Lipinski definition) is 13. The zero-order valence-corrected chi connectivity index (χ0v) is 36.8. The first kappa shape index (κ1) is 55.5. The number of hydrogen-bond donors (Lipinski definition) is 7. The molecule has 0 aliphatic heterocycles. The second-order valence-electron chi connectivity index (χ2n) is 15.3. The highest BCUT2D eigenvalue weighted by molar-refractivity contribution is 7.47. The molecule has 1 aliphatic rings. The number of unbranched alkanes of at least 4 members (excludes halogenated alkanes) is 13. The fourth-order valence-corrected chi connectivity index (χ4v) is 7.22. The van der Waals surface area contributed by atoms with Crippen molar-refractivity contribution in [2.45, 2.75) is 191 Å². The standard InChI is InChI=1S/C45H77O14P/c1-2-3-4-5-6-7-8-14-17-20-23-26-29-32-38(47)56-35-37(36-57-60(54,55)59-45-43(52)41(50)40(49)42(51)44(45)53)58-39(48)33-30-27-24-21-18-15-12-10-9-11-13-16-19-22-25-28-31-34-46/h7-9,11-12,15-16,19,21,24,37,40-46,49-53H,2-6,10,13-14,17-18,20,22-23,25-36H2,1H3,(H,54,55)/b8-7-,11-9-,15-12-,19-16-,24-21-/t37-,40?,41-,42+,43-,44-,45?/m1/s1. The first-order valence-corrected chi connectivity index (χ1v) is 23.7. The number of rotatable bonds is 36. The van der Waals surface area contributed by atoms with Gasteiger partial charge in [-0.25, -0.2) is 4.57 Å². The van der Waals surface area contributed by atoms with Gasteiger partial charge < -0.3 is 45.0 Å². The van der Waals surface area contributed by atoms with Crippen molar-refractivity contribution in [3.05, 3.63) is 60.8 Å². The van der Waals surface area contributed by atoms with Crippen molar-refractivity contribution in [2.75, 3.05) is 19.8 Å². The molecule has 8 atom stereocenters. The van der Waals surface area contributed by atoms with Crippen molar-refractivity contribution in [1.82, 2.24) is 0 Å². The fourth-order valence-electron chi connectivity index (χ4n) is 6.25. The van der Waals surface area contributed by atoms with Gasteiger partial charge in [0.1, 0.15) is 43.2 Å². The molecule has 60 heavy (non-hydrogen) atoms. The minimum Gasteiger partial charge on any atom is -0.462 e. The maximum Gasteiger partial charge on any atom is 0.472 e. The summed E-state index contributed by atoms with van der Waals surface area (Å²) in [5, 5.41) is 58.9. The van der Waals surface area contributed by atoms with Crippen molar-refractivity contribution in [3.63, 3.8) is 0 Å². The van der Waals surface area contributed by atoms with Crippen molar-refractivity contribution in [1.29, 1.82) is 0 Å². The fraction of sp³-hybridized carbons (Fsp3) is 0.733. The third kappa shape index (κ3) is 28.2. The second kappa shape index (κ2) is 36.0. The number of ether oxygens (including phenoxy) is 2. The van der Waals surface area contributed by atoms with Crippen LogP contribution in [0.25, 0.3) is 0 Å². The Morgan fingerprint density at radius 1 is 0.550 bits per heavy atom. The van der Waals surface area contributed by atoms with E-state index in [4.69, 9.17) is 23.6 Å². The average Bonchev–Trinajstić information content (AvgIpc) is 3.23. The van der Waals surface area contributed by atoms with Crippen LogP contribution in [0.3, 0.4) is 0 Å². The highest BCUT2D eigenvalue weighted by Crippen LogP contribution is 2.47. The van der Waals surface area contributed by atoms with Crippen LogP contribution >= 0.6 is 7.82 Å². The van der Waals surface area contributed by atoms with E-state index < -0.39 is 75.7 Å². The van der Waals surface area contributed by atoms with Gasteiger partial charge in [-0.3, -0.25) is 18.6 Å². The van der Waals surface area contributed by atoms with Gasteiger partial charge in [-0.15, -0.1) is 0 Å². The Morgan fingerprint density at radius 2 is 0.983 bits per heavy atom. The maximum atomic E-state index is 12.8. The summed E-state index contributed by atoms with van der Waals surface area (Å²) in [6.07, 6.45) is 27.2. The van der Waals surface area contributed by atoms with E-state index in [2.05, 4.69) is 55.5 Å². The van der Waals surface area contributed by atoms with E-state index >= 15 is 0 Å². The molecular weight excluding hydrogens is 795 g/mol. The molecule has 3 unspecified atom stereocenters. The molecule has 7 N–H and O–H groups in total. The Balaban J connectivity index is 2.53.